The Kier molecular flexibility index (Phi) is 11.4. The zero-order chi connectivity index (χ0) is 25.9. The first kappa shape index (κ1) is 28.3. The summed E-state index contributed by atoms with van der Waals surface area (Å²) in [6.07, 6.45) is 4.93. The van der Waals surface area contributed by atoms with Gasteiger partial charge in [-0.2, -0.15) is 0 Å². The first-order chi connectivity index (χ1) is 17.4. The van der Waals surface area contributed by atoms with Gasteiger partial charge in [0.15, 0.2) is 0 Å². The van der Waals surface area contributed by atoms with E-state index in [-0.39, 0.29) is 24.5 Å². The van der Waals surface area contributed by atoms with Gasteiger partial charge in [-0.15, -0.1) is 0 Å². The summed E-state index contributed by atoms with van der Waals surface area (Å²) in [6, 6.07) is 13.9. The maximum atomic E-state index is 14.0. The Morgan fingerprint density at radius 1 is 1.22 bits per heavy atom. The quantitative estimate of drug-likeness (QED) is 0.345. The van der Waals surface area contributed by atoms with E-state index in [1.807, 2.05) is 37.3 Å². The molecular formula is C30H42FNO4. The zero-order valence-corrected chi connectivity index (χ0v) is 22.0. The summed E-state index contributed by atoms with van der Waals surface area (Å²) in [5, 5.41) is 10.9. The largest absolute Gasteiger partial charge is 0.466 e. The maximum absolute atomic E-state index is 14.0. The van der Waals surface area contributed by atoms with Crippen LogP contribution in [-0.2, 0) is 27.1 Å². The first-order valence-electron chi connectivity index (χ1n) is 13.4. The number of β-amino-alcohol motifs (C(OH)–C–C–N with tert-alkyl or cyclic N) is 1. The molecule has 1 fully saturated rings. The number of aryl methyl sites for hydroxylation is 2. The van der Waals surface area contributed by atoms with Gasteiger partial charge in [0.05, 0.1) is 25.4 Å². The van der Waals surface area contributed by atoms with Crippen molar-refractivity contribution in [1.29, 1.82) is 0 Å². The van der Waals surface area contributed by atoms with E-state index in [0.29, 0.717) is 37.6 Å². The molecular weight excluding hydrogens is 457 g/mol. The van der Waals surface area contributed by atoms with Crippen molar-refractivity contribution >= 4 is 5.97 Å². The molecule has 1 N–H and O–H groups in total. The molecule has 1 aliphatic heterocycles. The summed E-state index contributed by atoms with van der Waals surface area (Å²) in [6.45, 7) is 7.83. The van der Waals surface area contributed by atoms with Gasteiger partial charge in [0.25, 0.3) is 0 Å². The SMILES string of the molecule is CCC[C@@H](OC[C@H](O)CN1CCC[C@H]1Cc1ccc(C)c(F)c1)c1ccccc1CCC(=O)OCC. The Balaban J connectivity index is 1.56. The Labute approximate surface area is 215 Å². The average molecular weight is 500 g/mol. The lowest BCUT2D eigenvalue weighted by atomic mass is 9.96. The van der Waals surface area contributed by atoms with E-state index in [1.165, 1.54) is 0 Å². The van der Waals surface area contributed by atoms with Crippen LogP contribution in [0.15, 0.2) is 42.5 Å². The third-order valence-electron chi connectivity index (χ3n) is 7.00. The Morgan fingerprint density at radius 2 is 2.03 bits per heavy atom. The molecule has 0 spiro atoms. The van der Waals surface area contributed by atoms with Crippen LogP contribution in [0.2, 0.25) is 0 Å². The average Bonchev–Trinajstić information content (AvgIpc) is 3.29. The number of ether oxygens (including phenoxy) is 2. The van der Waals surface area contributed by atoms with Gasteiger partial charge < -0.3 is 14.6 Å². The summed E-state index contributed by atoms with van der Waals surface area (Å²) in [5.74, 6) is -0.348. The summed E-state index contributed by atoms with van der Waals surface area (Å²) in [4.78, 5) is 14.2. The van der Waals surface area contributed by atoms with E-state index < -0.39 is 6.10 Å². The number of hydrogen-bond acceptors (Lipinski definition) is 5. The highest BCUT2D eigenvalue weighted by molar-refractivity contribution is 5.69. The lowest BCUT2D eigenvalue weighted by Crippen LogP contribution is -2.39. The number of benzene rings is 2. The van der Waals surface area contributed by atoms with Crippen molar-refractivity contribution in [3.8, 4) is 0 Å². The smallest absolute Gasteiger partial charge is 0.306 e. The Hall–Kier alpha value is -2.28. The normalized spacial score (nSPS) is 17.8. The minimum Gasteiger partial charge on any atom is -0.466 e. The minimum atomic E-state index is -0.605. The molecule has 0 unspecified atom stereocenters. The first-order valence-corrected chi connectivity index (χ1v) is 13.4. The number of rotatable bonds is 14. The number of carbonyl (C=O) groups excluding carboxylic acids is 1. The van der Waals surface area contributed by atoms with Crippen LogP contribution in [0.4, 0.5) is 4.39 Å². The number of hydrogen-bond donors (Lipinski definition) is 1. The summed E-state index contributed by atoms with van der Waals surface area (Å²) < 4.78 is 25.4. The van der Waals surface area contributed by atoms with Crippen LogP contribution in [0.25, 0.3) is 0 Å². The van der Waals surface area contributed by atoms with Gasteiger partial charge >= 0.3 is 5.97 Å². The lowest BCUT2D eigenvalue weighted by Gasteiger charge is -2.28. The van der Waals surface area contributed by atoms with Crippen LogP contribution in [-0.4, -0.2) is 54.4 Å². The fourth-order valence-electron chi connectivity index (χ4n) is 5.09. The van der Waals surface area contributed by atoms with Gasteiger partial charge in [0.1, 0.15) is 5.82 Å². The molecule has 3 rings (SSSR count). The molecule has 0 amide bonds. The van der Waals surface area contributed by atoms with E-state index in [1.54, 1.807) is 13.0 Å². The molecule has 0 radical (unpaired) electrons. The number of nitrogens with zero attached hydrogens (tertiary/aromatic N) is 1. The fourth-order valence-corrected chi connectivity index (χ4v) is 5.09. The molecule has 6 heteroatoms. The molecule has 1 aliphatic rings. The number of likely N-dealkylation sites (tertiary alicyclic amines) is 1. The van der Waals surface area contributed by atoms with E-state index in [2.05, 4.69) is 17.9 Å². The molecule has 0 aliphatic carbocycles. The number of carbonyl (C=O) groups is 1. The highest BCUT2D eigenvalue weighted by Crippen LogP contribution is 2.28. The zero-order valence-electron chi connectivity index (χ0n) is 22.0. The molecule has 3 atom stereocenters. The standard InChI is InChI=1S/C30H42FNO4/c1-4-9-29(27-12-7-6-10-24(27)15-16-30(34)35-5-2)36-21-26(33)20-32-17-8-11-25(32)18-23-14-13-22(3)28(31)19-23/h6-7,10,12-14,19,25-26,29,33H,4-5,8-9,11,15-18,20-21H2,1-3H3/t25-,26+,29+/m0/s1. The topological polar surface area (TPSA) is 59.0 Å². The van der Waals surface area contributed by atoms with Gasteiger partial charge in [-0.25, -0.2) is 4.39 Å². The predicted molar refractivity (Wildman–Crippen MR) is 140 cm³/mol. The van der Waals surface area contributed by atoms with Crippen LogP contribution in [0.1, 0.15) is 74.3 Å². The van der Waals surface area contributed by atoms with Gasteiger partial charge in [-0.1, -0.05) is 49.7 Å². The van der Waals surface area contributed by atoms with Crippen molar-refractivity contribution < 1.29 is 23.8 Å². The second-order valence-electron chi connectivity index (χ2n) is 9.85. The van der Waals surface area contributed by atoms with Gasteiger partial charge in [-0.3, -0.25) is 9.69 Å². The van der Waals surface area contributed by atoms with Crippen LogP contribution >= 0.6 is 0 Å². The molecule has 1 heterocycles. The third-order valence-corrected chi connectivity index (χ3v) is 7.00. The van der Waals surface area contributed by atoms with Crippen LogP contribution < -0.4 is 0 Å². The van der Waals surface area contributed by atoms with Crippen LogP contribution in [0.3, 0.4) is 0 Å². The van der Waals surface area contributed by atoms with Crippen molar-refractivity contribution in [3.05, 3.63) is 70.5 Å². The third kappa shape index (κ3) is 8.39. The number of esters is 1. The summed E-state index contributed by atoms with van der Waals surface area (Å²) in [7, 11) is 0. The van der Waals surface area contributed by atoms with E-state index in [4.69, 9.17) is 9.47 Å². The molecule has 1 saturated heterocycles. The van der Waals surface area contributed by atoms with Gasteiger partial charge in [0.2, 0.25) is 0 Å². The molecule has 198 valence electrons. The molecule has 0 bridgehead atoms. The maximum Gasteiger partial charge on any atom is 0.306 e. The van der Waals surface area contributed by atoms with E-state index in [9.17, 15) is 14.3 Å². The van der Waals surface area contributed by atoms with E-state index >= 15 is 0 Å². The van der Waals surface area contributed by atoms with Crippen molar-refractivity contribution in [1.82, 2.24) is 4.90 Å². The van der Waals surface area contributed by atoms with E-state index in [0.717, 1.165) is 55.3 Å². The second kappa shape index (κ2) is 14.5. The number of halogens is 1. The molecule has 2 aromatic rings. The fraction of sp³-hybridized carbons (Fsp3) is 0.567. The van der Waals surface area contributed by atoms with Crippen molar-refractivity contribution in [2.24, 2.45) is 0 Å². The molecule has 0 aromatic heterocycles. The van der Waals surface area contributed by atoms with Crippen molar-refractivity contribution in [2.45, 2.75) is 84.0 Å². The van der Waals surface area contributed by atoms with Crippen molar-refractivity contribution in [2.75, 3.05) is 26.3 Å². The van der Waals surface area contributed by atoms with Crippen LogP contribution in [0, 0.1) is 12.7 Å². The summed E-state index contributed by atoms with van der Waals surface area (Å²) >= 11 is 0. The number of aliphatic hydroxyl groups excluding tert-OH is 1. The van der Waals surface area contributed by atoms with Gasteiger partial charge in [0, 0.05) is 19.0 Å². The monoisotopic (exact) mass is 499 g/mol. The highest BCUT2D eigenvalue weighted by Gasteiger charge is 2.27. The van der Waals surface area contributed by atoms with Crippen molar-refractivity contribution in [3.63, 3.8) is 0 Å². The Morgan fingerprint density at radius 3 is 2.78 bits per heavy atom. The van der Waals surface area contributed by atoms with Crippen LogP contribution in [0.5, 0.6) is 0 Å². The molecule has 0 saturated carbocycles. The predicted octanol–water partition coefficient (Wildman–Crippen LogP) is 5.56. The van der Waals surface area contributed by atoms with Gasteiger partial charge in [-0.05, 0) is 80.8 Å². The molecule has 5 nitrogen and oxygen atoms in total. The number of aliphatic hydroxyl groups is 1. The lowest BCUT2D eigenvalue weighted by molar-refractivity contribution is -0.143. The Bertz CT molecular complexity index is 966. The highest BCUT2D eigenvalue weighted by atomic mass is 19.1. The minimum absolute atomic E-state index is 0.132. The second-order valence-corrected chi connectivity index (χ2v) is 9.85. The summed E-state index contributed by atoms with van der Waals surface area (Å²) in [5.41, 5.74) is 3.83. The molecule has 2 aromatic carbocycles. The molecule has 36 heavy (non-hydrogen) atoms.